The van der Waals surface area contributed by atoms with E-state index in [9.17, 15) is 4.79 Å². The third kappa shape index (κ3) is 4.87. The molecule has 1 aromatic heterocycles. The van der Waals surface area contributed by atoms with Crippen molar-refractivity contribution in [3.8, 4) is 0 Å². The van der Waals surface area contributed by atoms with Crippen molar-refractivity contribution in [2.75, 3.05) is 20.6 Å². The van der Waals surface area contributed by atoms with Crippen LogP contribution in [0.15, 0.2) is 22.9 Å². The van der Waals surface area contributed by atoms with Crippen LogP contribution in [0.1, 0.15) is 37.0 Å². The van der Waals surface area contributed by atoms with Crippen LogP contribution in [0.2, 0.25) is 0 Å². The third-order valence-corrected chi connectivity index (χ3v) is 4.19. The Morgan fingerprint density at radius 1 is 1.35 bits per heavy atom. The lowest BCUT2D eigenvalue weighted by Crippen LogP contribution is -2.44. The van der Waals surface area contributed by atoms with Crippen LogP contribution >= 0.6 is 15.9 Å². The zero-order valence-corrected chi connectivity index (χ0v) is 14.3. The van der Waals surface area contributed by atoms with Crippen LogP contribution in [0.4, 0.5) is 0 Å². The van der Waals surface area contributed by atoms with Crippen LogP contribution < -0.4 is 5.32 Å². The third-order valence-electron chi connectivity index (χ3n) is 3.72. The molecule has 0 aliphatic carbocycles. The number of hydrogen-bond donors (Lipinski definition) is 1. The highest BCUT2D eigenvalue weighted by Crippen LogP contribution is 2.16. The Kier molecular flexibility index (Phi) is 7.16. The first-order chi connectivity index (χ1) is 9.49. The summed E-state index contributed by atoms with van der Waals surface area (Å²) < 4.78 is 0.734. The van der Waals surface area contributed by atoms with Crippen LogP contribution in [0.25, 0.3) is 0 Å². The largest absolute Gasteiger partial charge is 0.350 e. The zero-order valence-electron chi connectivity index (χ0n) is 12.7. The van der Waals surface area contributed by atoms with Gasteiger partial charge in [0, 0.05) is 18.8 Å². The lowest BCUT2D eigenvalue weighted by Gasteiger charge is -2.31. The molecule has 1 unspecified atom stereocenters. The fraction of sp³-hybridized carbons (Fsp3) is 0.600. The second kappa shape index (κ2) is 8.37. The molecule has 0 fully saturated rings. The first-order valence-electron chi connectivity index (χ1n) is 7.05. The second-order valence-corrected chi connectivity index (χ2v) is 6.00. The molecule has 5 heteroatoms. The minimum Gasteiger partial charge on any atom is -0.350 e. The summed E-state index contributed by atoms with van der Waals surface area (Å²) in [6, 6.07) is 3.91. The van der Waals surface area contributed by atoms with Crippen molar-refractivity contribution in [2.45, 2.75) is 32.7 Å². The number of amides is 1. The lowest BCUT2D eigenvalue weighted by atomic mass is 9.93. The molecule has 0 spiro atoms. The number of nitrogens with zero attached hydrogens (tertiary/aromatic N) is 2. The van der Waals surface area contributed by atoms with E-state index in [4.69, 9.17) is 0 Å². The van der Waals surface area contributed by atoms with E-state index in [-0.39, 0.29) is 5.91 Å². The van der Waals surface area contributed by atoms with E-state index in [1.807, 2.05) is 0 Å². The van der Waals surface area contributed by atoms with Gasteiger partial charge in [-0.25, -0.2) is 4.98 Å². The Morgan fingerprint density at radius 2 is 2.00 bits per heavy atom. The van der Waals surface area contributed by atoms with Gasteiger partial charge in [0.2, 0.25) is 0 Å². The molecule has 1 N–H and O–H groups in total. The van der Waals surface area contributed by atoms with Gasteiger partial charge in [0.15, 0.2) is 0 Å². The first-order valence-corrected chi connectivity index (χ1v) is 7.85. The molecular formula is C15H24BrN3O. The Hall–Kier alpha value is -0.940. The summed E-state index contributed by atoms with van der Waals surface area (Å²) in [6.45, 7) is 5.06. The van der Waals surface area contributed by atoms with Gasteiger partial charge in [-0.2, -0.15) is 0 Å². The molecule has 1 atom stereocenters. The summed E-state index contributed by atoms with van der Waals surface area (Å²) in [4.78, 5) is 18.4. The SMILES string of the molecule is CCC(CC)C(CNC(=O)c1ccc(Br)nc1)N(C)C. The van der Waals surface area contributed by atoms with Crippen molar-refractivity contribution in [1.82, 2.24) is 15.2 Å². The summed E-state index contributed by atoms with van der Waals surface area (Å²) in [5.74, 6) is 0.524. The summed E-state index contributed by atoms with van der Waals surface area (Å²) in [5.41, 5.74) is 0.593. The minimum atomic E-state index is -0.0668. The van der Waals surface area contributed by atoms with Gasteiger partial charge >= 0.3 is 0 Å². The van der Waals surface area contributed by atoms with Gasteiger partial charge in [0.1, 0.15) is 4.60 Å². The van der Waals surface area contributed by atoms with E-state index in [0.29, 0.717) is 24.1 Å². The highest BCUT2D eigenvalue weighted by molar-refractivity contribution is 9.10. The number of aromatic nitrogens is 1. The fourth-order valence-corrected chi connectivity index (χ4v) is 2.65. The Bertz CT molecular complexity index is 416. The van der Waals surface area contributed by atoms with Crippen LogP contribution in [-0.4, -0.2) is 42.5 Å². The van der Waals surface area contributed by atoms with Crippen LogP contribution in [0, 0.1) is 5.92 Å². The number of likely N-dealkylation sites (N-methyl/N-ethyl adjacent to an activating group) is 1. The standard InChI is InChI=1S/C15H24BrN3O/c1-5-11(6-2)13(19(3)4)10-18-15(20)12-7-8-14(16)17-9-12/h7-9,11,13H,5-6,10H2,1-4H3,(H,18,20). The van der Waals surface area contributed by atoms with Gasteiger partial charge in [-0.15, -0.1) is 0 Å². The zero-order chi connectivity index (χ0) is 15.1. The van der Waals surface area contributed by atoms with Gasteiger partial charge in [-0.3, -0.25) is 4.79 Å². The number of pyridine rings is 1. The van der Waals surface area contributed by atoms with Crippen LogP contribution in [0.3, 0.4) is 0 Å². The van der Waals surface area contributed by atoms with Crippen LogP contribution in [0.5, 0.6) is 0 Å². The van der Waals surface area contributed by atoms with E-state index >= 15 is 0 Å². The predicted molar refractivity (Wildman–Crippen MR) is 85.8 cm³/mol. The number of carbonyl (C=O) groups excluding carboxylic acids is 1. The molecule has 112 valence electrons. The molecule has 0 aromatic carbocycles. The number of rotatable bonds is 7. The molecule has 0 radical (unpaired) electrons. The van der Waals surface area contributed by atoms with Gasteiger partial charge in [-0.05, 0) is 48.1 Å². The van der Waals surface area contributed by atoms with Crippen molar-refractivity contribution in [3.63, 3.8) is 0 Å². The molecule has 1 amide bonds. The average molecular weight is 342 g/mol. The molecule has 1 aromatic rings. The molecular weight excluding hydrogens is 318 g/mol. The maximum absolute atomic E-state index is 12.1. The molecule has 1 heterocycles. The number of nitrogens with one attached hydrogen (secondary N) is 1. The lowest BCUT2D eigenvalue weighted by molar-refractivity contribution is 0.0928. The summed E-state index contributed by atoms with van der Waals surface area (Å²) >= 11 is 3.26. The Balaban J connectivity index is 2.63. The van der Waals surface area contributed by atoms with E-state index in [0.717, 1.165) is 17.4 Å². The summed E-state index contributed by atoms with van der Waals surface area (Å²) in [7, 11) is 4.13. The molecule has 0 saturated carbocycles. The molecule has 0 aliphatic heterocycles. The summed E-state index contributed by atoms with van der Waals surface area (Å²) in [5, 5.41) is 3.01. The molecule has 0 bridgehead atoms. The molecule has 20 heavy (non-hydrogen) atoms. The molecule has 1 rings (SSSR count). The van der Waals surface area contributed by atoms with Gasteiger partial charge < -0.3 is 10.2 Å². The highest BCUT2D eigenvalue weighted by Gasteiger charge is 2.21. The molecule has 0 saturated heterocycles. The number of halogens is 1. The molecule has 4 nitrogen and oxygen atoms in total. The first kappa shape index (κ1) is 17.1. The van der Waals surface area contributed by atoms with Gasteiger partial charge in [0.25, 0.3) is 5.91 Å². The monoisotopic (exact) mass is 341 g/mol. The molecule has 0 aliphatic rings. The number of carbonyl (C=O) groups is 1. The quantitative estimate of drug-likeness (QED) is 0.775. The van der Waals surface area contributed by atoms with Crippen molar-refractivity contribution in [1.29, 1.82) is 0 Å². The Morgan fingerprint density at radius 3 is 2.45 bits per heavy atom. The summed E-state index contributed by atoms with van der Waals surface area (Å²) in [6.07, 6.45) is 3.82. The normalized spacial score (nSPS) is 12.8. The van der Waals surface area contributed by atoms with Crippen LogP contribution in [-0.2, 0) is 0 Å². The second-order valence-electron chi connectivity index (χ2n) is 5.19. The van der Waals surface area contributed by atoms with Crippen molar-refractivity contribution < 1.29 is 4.79 Å². The van der Waals surface area contributed by atoms with Crippen molar-refractivity contribution >= 4 is 21.8 Å². The van der Waals surface area contributed by atoms with E-state index in [1.54, 1.807) is 18.3 Å². The van der Waals surface area contributed by atoms with E-state index < -0.39 is 0 Å². The Labute approximate surface area is 130 Å². The van der Waals surface area contributed by atoms with E-state index in [2.05, 4.69) is 59.1 Å². The highest BCUT2D eigenvalue weighted by atomic mass is 79.9. The average Bonchev–Trinajstić information content (AvgIpc) is 2.43. The smallest absolute Gasteiger partial charge is 0.252 e. The maximum atomic E-state index is 12.1. The maximum Gasteiger partial charge on any atom is 0.252 e. The van der Waals surface area contributed by atoms with Crippen molar-refractivity contribution in [3.05, 3.63) is 28.5 Å². The van der Waals surface area contributed by atoms with E-state index in [1.165, 1.54) is 0 Å². The number of hydrogen-bond acceptors (Lipinski definition) is 3. The topological polar surface area (TPSA) is 45.2 Å². The minimum absolute atomic E-state index is 0.0668. The van der Waals surface area contributed by atoms with Crippen molar-refractivity contribution in [2.24, 2.45) is 5.92 Å². The van der Waals surface area contributed by atoms with Gasteiger partial charge in [0.05, 0.1) is 5.56 Å². The van der Waals surface area contributed by atoms with Gasteiger partial charge in [-0.1, -0.05) is 26.7 Å². The predicted octanol–water partition coefficient (Wildman–Crippen LogP) is 2.94. The fourth-order valence-electron chi connectivity index (χ4n) is 2.41.